The zero-order chi connectivity index (χ0) is 13.0. The van der Waals surface area contributed by atoms with Crippen LogP contribution in [0.2, 0.25) is 10.0 Å². The van der Waals surface area contributed by atoms with Gasteiger partial charge in [-0.2, -0.15) is 0 Å². The van der Waals surface area contributed by atoms with Crippen LogP contribution in [-0.2, 0) is 6.54 Å². The van der Waals surface area contributed by atoms with Gasteiger partial charge in [0.15, 0.2) is 0 Å². The molecule has 2 nitrogen and oxygen atoms in total. The highest BCUT2D eigenvalue weighted by atomic mass is 35.5. The molecule has 0 aliphatic rings. The summed E-state index contributed by atoms with van der Waals surface area (Å²) in [4.78, 5) is 4.08. The molecule has 1 unspecified atom stereocenters. The van der Waals surface area contributed by atoms with Crippen molar-refractivity contribution in [1.82, 2.24) is 10.3 Å². The molecule has 0 aliphatic heterocycles. The standard InChI is InChI=1S/C14H14Cl2N2/c1-10(13-5-4-12(15)7-14(13)16)18-9-11-3-2-6-17-8-11/h2-8,10,18H,9H2,1H3. The number of hydrogen-bond acceptors (Lipinski definition) is 2. The van der Waals surface area contributed by atoms with Crippen LogP contribution in [0.5, 0.6) is 0 Å². The normalized spacial score (nSPS) is 12.4. The molecular formula is C14H14Cl2N2. The fourth-order valence-corrected chi connectivity index (χ4v) is 2.31. The zero-order valence-electron chi connectivity index (χ0n) is 10.0. The predicted molar refractivity (Wildman–Crippen MR) is 76.0 cm³/mol. The first kappa shape index (κ1) is 13.3. The number of rotatable bonds is 4. The second-order valence-electron chi connectivity index (χ2n) is 4.13. The SMILES string of the molecule is CC(NCc1cccnc1)c1ccc(Cl)cc1Cl. The minimum Gasteiger partial charge on any atom is -0.306 e. The van der Waals surface area contributed by atoms with Crippen LogP contribution < -0.4 is 5.32 Å². The highest BCUT2D eigenvalue weighted by molar-refractivity contribution is 6.35. The Morgan fingerprint density at radius 1 is 1.28 bits per heavy atom. The number of aromatic nitrogens is 1. The molecule has 4 heteroatoms. The van der Waals surface area contributed by atoms with Gasteiger partial charge in [0.05, 0.1) is 0 Å². The van der Waals surface area contributed by atoms with E-state index >= 15 is 0 Å². The number of nitrogens with zero attached hydrogens (tertiary/aromatic N) is 1. The van der Waals surface area contributed by atoms with Crippen molar-refractivity contribution in [2.75, 3.05) is 0 Å². The van der Waals surface area contributed by atoms with Crippen molar-refractivity contribution in [2.24, 2.45) is 0 Å². The van der Waals surface area contributed by atoms with Crippen LogP contribution in [0.4, 0.5) is 0 Å². The van der Waals surface area contributed by atoms with E-state index in [1.165, 1.54) is 0 Å². The Kier molecular flexibility index (Phi) is 4.59. The van der Waals surface area contributed by atoms with Crippen molar-refractivity contribution >= 4 is 23.2 Å². The van der Waals surface area contributed by atoms with Crippen molar-refractivity contribution in [3.8, 4) is 0 Å². The first-order valence-corrected chi connectivity index (χ1v) is 6.49. The van der Waals surface area contributed by atoms with E-state index in [1.54, 1.807) is 12.3 Å². The summed E-state index contributed by atoms with van der Waals surface area (Å²) in [5, 5.41) is 4.75. The van der Waals surface area contributed by atoms with E-state index in [2.05, 4.69) is 17.2 Å². The van der Waals surface area contributed by atoms with Gasteiger partial charge in [-0.05, 0) is 36.2 Å². The Hall–Kier alpha value is -1.09. The average Bonchev–Trinajstić information content (AvgIpc) is 2.37. The summed E-state index contributed by atoms with van der Waals surface area (Å²) in [5.41, 5.74) is 2.19. The van der Waals surface area contributed by atoms with Gasteiger partial charge in [0.1, 0.15) is 0 Å². The molecule has 0 radical (unpaired) electrons. The van der Waals surface area contributed by atoms with Gasteiger partial charge in [0.25, 0.3) is 0 Å². The van der Waals surface area contributed by atoms with Gasteiger partial charge < -0.3 is 5.32 Å². The monoisotopic (exact) mass is 280 g/mol. The first-order valence-electron chi connectivity index (χ1n) is 5.74. The fourth-order valence-electron chi connectivity index (χ4n) is 1.74. The van der Waals surface area contributed by atoms with Gasteiger partial charge in [-0.15, -0.1) is 0 Å². The van der Waals surface area contributed by atoms with E-state index in [-0.39, 0.29) is 6.04 Å². The zero-order valence-corrected chi connectivity index (χ0v) is 11.5. The molecule has 0 spiro atoms. The molecule has 1 atom stereocenters. The van der Waals surface area contributed by atoms with E-state index < -0.39 is 0 Å². The number of hydrogen-bond donors (Lipinski definition) is 1. The molecular weight excluding hydrogens is 267 g/mol. The lowest BCUT2D eigenvalue weighted by Crippen LogP contribution is -2.18. The summed E-state index contributed by atoms with van der Waals surface area (Å²) in [6.45, 7) is 2.83. The van der Waals surface area contributed by atoms with Crippen LogP contribution in [-0.4, -0.2) is 4.98 Å². The number of nitrogens with one attached hydrogen (secondary N) is 1. The average molecular weight is 281 g/mol. The van der Waals surface area contributed by atoms with Crippen LogP contribution in [0.25, 0.3) is 0 Å². The lowest BCUT2D eigenvalue weighted by Gasteiger charge is -2.15. The minimum absolute atomic E-state index is 0.162. The molecule has 1 N–H and O–H groups in total. The van der Waals surface area contributed by atoms with Gasteiger partial charge >= 0.3 is 0 Å². The lowest BCUT2D eigenvalue weighted by atomic mass is 10.1. The molecule has 0 amide bonds. The molecule has 18 heavy (non-hydrogen) atoms. The summed E-state index contributed by atoms with van der Waals surface area (Å²) in [6, 6.07) is 9.69. The van der Waals surface area contributed by atoms with Crippen LogP contribution >= 0.6 is 23.2 Å². The van der Waals surface area contributed by atoms with Crippen LogP contribution in [0.15, 0.2) is 42.7 Å². The fraction of sp³-hybridized carbons (Fsp3) is 0.214. The van der Waals surface area contributed by atoms with E-state index in [0.29, 0.717) is 10.0 Å². The second-order valence-corrected chi connectivity index (χ2v) is 4.97. The quantitative estimate of drug-likeness (QED) is 0.906. The largest absolute Gasteiger partial charge is 0.306 e. The number of halogens is 2. The molecule has 2 aromatic rings. The maximum Gasteiger partial charge on any atom is 0.0468 e. The number of benzene rings is 1. The van der Waals surface area contributed by atoms with Crippen LogP contribution in [0.1, 0.15) is 24.1 Å². The first-order chi connectivity index (χ1) is 8.66. The molecule has 0 bridgehead atoms. The summed E-state index contributed by atoms with van der Waals surface area (Å²) >= 11 is 12.1. The van der Waals surface area contributed by atoms with Crippen molar-refractivity contribution in [3.63, 3.8) is 0 Å². The second kappa shape index (κ2) is 6.19. The van der Waals surface area contributed by atoms with E-state index in [4.69, 9.17) is 23.2 Å². The topological polar surface area (TPSA) is 24.9 Å². The van der Waals surface area contributed by atoms with Gasteiger partial charge in [-0.3, -0.25) is 4.98 Å². The molecule has 94 valence electrons. The molecule has 1 aromatic carbocycles. The van der Waals surface area contributed by atoms with Gasteiger partial charge in [-0.1, -0.05) is 35.3 Å². The molecule has 1 aromatic heterocycles. The Bertz CT molecular complexity index is 514. The predicted octanol–water partition coefficient (Wildman–Crippen LogP) is 4.24. The van der Waals surface area contributed by atoms with E-state index in [1.807, 2.05) is 30.5 Å². The summed E-state index contributed by atoms with van der Waals surface area (Å²) < 4.78 is 0. The molecule has 2 rings (SSSR count). The lowest BCUT2D eigenvalue weighted by molar-refractivity contribution is 0.574. The summed E-state index contributed by atoms with van der Waals surface area (Å²) in [6.07, 6.45) is 3.62. The van der Waals surface area contributed by atoms with Gasteiger partial charge in [0.2, 0.25) is 0 Å². The highest BCUT2D eigenvalue weighted by Crippen LogP contribution is 2.26. The third kappa shape index (κ3) is 3.45. The van der Waals surface area contributed by atoms with Crippen molar-refractivity contribution in [3.05, 3.63) is 63.9 Å². The van der Waals surface area contributed by atoms with Crippen molar-refractivity contribution in [1.29, 1.82) is 0 Å². The molecule has 0 saturated heterocycles. The maximum atomic E-state index is 6.17. The third-order valence-electron chi connectivity index (χ3n) is 2.76. The number of pyridine rings is 1. The third-order valence-corrected chi connectivity index (χ3v) is 3.33. The molecule has 0 saturated carbocycles. The van der Waals surface area contributed by atoms with Crippen molar-refractivity contribution in [2.45, 2.75) is 19.5 Å². The Morgan fingerprint density at radius 2 is 2.11 bits per heavy atom. The van der Waals surface area contributed by atoms with Gasteiger partial charge in [0, 0.05) is 35.0 Å². The summed E-state index contributed by atoms with van der Waals surface area (Å²) in [5.74, 6) is 0. The maximum absolute atomic E-state index is 6.17. The van der Waals surface area contributed by atoms with Crippen LogP contribution in [0, 0.1) is 0 Å². The van der Waals surface area contributed by atoms with Crippen LogP contribution in [0.3, 0.4) is 0 Å². The van der Waals surface area contributed by atoms with Gasteiger partial charge in [-0.25, -0.2) is 0 Å². The van der Waals surface area contributed by atoms with Crippen molar-refractivity contribution < 1.29 is 0 Å². The smallest absolute Gasteiger partial charge is 0.0468 e. The molecule has 0 fully saturated rings. The Morgan fingerprint density at radius 3 is 2.78 bits per heavy atom. The van der Waals surface area contributed by atoms with E-state index in [0.717, 1.165) is 17.7 Å². The van der Waals surface area contributed by atoms with E-state index in [9.17, 15) is 0 Å². The minimum atomic E-state index is 0.162. The highest BCUT2D eigenvalue weighted by Gasteiger charge is 2.09. The summed E-state index contributed by atoms with van der Waals surface area (Å²) in [7, 11) is 0. The Labute approximate surface area is 117 Å². The molecule has 0 aliphatic carbocycles. The Balaban J connectivity index is 2.01. The molecule has 1 heterocycles.